The second kappa shape index (κ2) is 14.2. The maximum Gasteiger partial charge on any atom is 0.0517 e. The van der Waals surface area contributed by atoms with Crippen LogP contribution in [0.1, 0.15) is 205 Å². The summed E-state index contributed by atoms with van der Waals surface area (Å²) in [5.41, 5.74) is 17.1. The molecule has 0 N–H and O–H groups in total. The van der Waals surface area contributed by atoms with E-state index in [1.165, 1.54) is 164 Å². The maximum absolute atomic E-state index is 2.88. The lowest BCUT2D eigenvalue weighted by molar-refractivity contribution is -0.00516. The van der Waals surface area contributed by atoms with E-state index in [2.05, 4.69) is 136 Å². The zero-order valence-corrected chi connectivity index (χ0v) is 40.2. The average Bonchev–Trinajstić information content (AvgIpc) is 3.39. The van der Waals surface area contributed by atoms with Crippen LogP contribution in [-0.2, 0) is 21.7 Å². The first-order chi connectivity index (χ1) is 30.6. The smallest absolute Gasteiger partial charge is 0.0517 e. The van der Waals surface area contributed by atoms with E-state index in [0.717, 1.165) is 11.8 Å². The van der Waals surface area contributed by atoms with E-state index >= 15 is 0 Å². The van der Waals surface area contributed by atoms with Crippen molar-refractivity contribution in [2.24, 2.45) is 17.3 Å². The average molecular weight is 839 g/mol. The first kappa shape index (κ1) is 40.9. The summed E-state index contributed by atoms with van der Waals surface area (Å²) < 4.78 is 0. The molecule has 4 aromatic rings. The van der Waals surface area contributed by atoms with Crippen molar-refractivity contribution >= 4 is 22.7 Å². The van der Waals surface area contributed by atoms with Crippen LogP contribution in [0.5, 0.6) is 0 Å². The molecule has 0 bridgehead atoms. The highest BCUT2D eigenvalue weighted by atomic mass is 15.3. The van der Waals surface area contributed by atoms with E-state index in [9.17, 15) is 0 Å². The van der Waals surface area contributed by atoms with Gasteiger partial charge >= 0.3 is 0 Å². The molecule has 332 valence electrons. The number of unbranched alkanes of at least 4 members (excludes halogenated alkanes) is 8. The number of anilines is 4. The second-order valence-electron chi connectivity index (χ2n) is 23.7. The van der Waals surface area contributed by atoms with E-state index < -0.39 is 0 Å². The Balaban J connectivity index is 1.02. The fourth-order valence-electron chi connectivity index (χ4n) is 18.5. The fraction of sp³-hybridized carbons (Fsp3) is 0.607. The predicted molar refractivity (Wildman–Crippen MR) is 266 cm³/mol. The van der Waals surface area contributed by atoms with Crippen LogP contribution in [0.3, 0.4) is 0 Å². The third kappa shape index (κ3) is 4.78. The Hall–Kier alpha value is -3.52. The quantitative estimate of drug-likeness (QED) is 0.117. The third-order valence-electron chi connectivity index (χ3n) is 21.5. The Labute approximate surface area is 382 Å². The molecule has 12 rings (SSSR count). The van der Waals surface area contributed by atoms with E-state index in [-0.39, 0.29) is 32.7 Å². The zero-order chi connectivity index (χ0) is 43.0. The van der Waals surface area contributed by atoms with Crippen LogP contribution in [0, 0.1) is 17.3 Å². The zero-order valence-electron chi connectivity index (χ0n) is 40.2. The molecular weight excluding hydrogens is 761 g/mol. The molecule has 8 aliphatic rings. The number of nitrogens with zero attached hydrogens (tertiary/aromatic N) is 2. The second-order valence-corrected chi connectivity index (χ2v) is 23.7. The molecule has 63 heavy (non-hydrogen) atoms. The highest BCUT2D eigenvalue weighted by molar-refractivity contribution is 5.91. The summed E-state index contributed by atoms with van der Waals surface area (Å²) >= 11 is 0. The van der Waals surface area contributed by atoms with E-state index in [0.29, 0.717) is 5.41 Å². The topological polar surface area (TPSA) is 6.48 Å². The third-order valence-corrected chi connectivity index (χ3v) is 21.5. The van der Waals surface area contributed by atoms with Crippen molar-refractivity contribution in [2.75, 3.05) is 9.80 Å². The minimum Gasteiger partial charge on any atom is -0.334 e. The van der Waals surface area contributed by atoms with Crippen molar-refractivity contribution < 1.29 is 0 Å². The molecule has 0 aromatic heterocycles. The van der Waals surface area contributed by atoms with Crippen LogP contribution in [0.2, 0.25) is 0 Å². The Bertz CT molecular complexity index is 2280. The van der Waals surface area contributed by atoms with Gasteiger partial charge in [0.05, 0.1) is 11.1 Å². The Morgan fingerprint density at radius 2 is 0.873 bits per heavy atom. The Morgan fingerprint density at radius 1 is 0.460 bits per heavy atom. The number of fused-ring (bicyclic) bond motifs is 9. The van der Waals surface area contributed by atoms with Gasteiger partial charge in [0.2, 0.25) is 0 Å². The summed E-state index contributed by atoms with van der Waals surface area (Å²) in [5.74, 6) is 1.69. The van der Waals surface area contributed by atoms with Crippen molar-refractivity contribution in [1.29, 1.82) is 0 Å². The van der Waals surface area contributed by atoms with Gasteiger partial charge in [-0.3, -0.25) is 0 Å². The molecule has 6 aliphatic carbocycles. The fourth-order valence-corrected chi connectivity index (χ4v) is 18.5. The molecule has 2 aliphatic heterocycles. The Kier molecular flexibility index (Phi) is 9.26. The first-order valence-electron chi connectivity index (χ1n) is 26.7. The van der Waals surface area contributed by atoms with Crippen molar-refractivity contribution in [3.8, 4) is 11.1 Å². The van der Waals surface area contributed by atoms with E-state index in [4.69, 9.17) is 0 Å². The SMILES string of the molecule is CCCCCCCC1C[C@@]23c4cc(N5c6ccccc6C6(C)CCCCC56C)ccc4-c4ccc(N5c6ccccc6C6(C)CCCCC56C)cc4[C@]24CC(CCCCCCC)C134. The summed E-state index contributed by atoms with van der Waals surface area (Å²) in [6.07, 6.45) is 30.1. The largest absolute Gasteiger partial charge is 0.334 e. The minimum atomic E-state index is 0.0810. The van der Waals surface area contributed by atoms with Gasteiger partial charge in [0.15, 0.2) is 0 Å². The highest BCUT2D eigenvalue weighted by Gasteiger charge is 3.02. The highest BCUT2D eigenvalue weighted by Crippen LogP contribution is 3.03. The number of hydrogen-bond acceptors (Lipinski definition) is 2. The standard InChI is InChI=1S/C61H78N2/c1-7-9-11-13-15-25-43-41-59-51-39-45(62-53-29-19-17-27-49(53)55(3)35-21-23-37-57(55,62)5)31-33-47(51)48-34-32-46(40-52(48)60(59)42-44(61(43,59)60)26-16-14-12-10-8-2)63-54-30-20-18-28-50(54)56(4)36-22-24-38-58(56,63)6/h17-20,27-34,39-40,43-44H,7-16,21-26,35-38,41-42H2,1-6H3/t43?,44?,55?,56?,57?,58?,59-,60-,61?/m1/s1. The molecule has 2 heteroatoms. The van der Waals surface area contributed by atoms with Gasteiger partial charge in [-0.15, -0.1) is 0 Å². The van der Waals surface area contributed by atoms with Gasteiger partial charge in [-0.1, -0.05) is 166 Å². The first-order valence-corrected chi connectivity index (χ1v) is 26.7. The molecule has 5 fully saturated rings. The van der Waals surface area contributed by atoms with Crippen LogP contribution < -0.4 is 9.80 Å². The lowest BCUT2D eigenvalue weighted by Gasteiger charge is -2.52. The van der Waals surface area contributed by atoms with Gasteiger partial charge in [0.1, 0.15) is 0 Å². The van der Waals surface area contributed by atoms with Crippen LogP contribution in [-0.4, -0.2) is 11.1 Å². The summed E-state index contributed by atoms with van der Waals surface area (Å²) in [4.78, 5) is 5.75. The lowest BCUT2D eigenvalue weighted by atomic mass is 9.51. The van der Waals surface area contributed by atoms with Crippen LogP contribution in [0.15, 0.2) is 84.9 Å². The molecule has 2 heterocycles. The molecule has 4 aromatic carbocycles. The minimum absolute atomic E-state index is 0.0810. The number of rotatable bonds is 14. The number of benzene rings is 4. The number of para-hydroxylation sites is 2. The van der Waals surface area contributed by atoms with E-state index in [1.807, 2.05) is 0 Å². The van der Waals surface area contributed by atoms with Crippen LogP contribution in [0.4, 0.5) is 22.7 Å². The summed E-state index contributed by atoms with van der Waals surface area (Å²) in [7, 11) is 0. The predicted octanol–water partition coefficient (Wildman–Crippen LogP) is 17.1. The monoisotopic (exact) mass is 839 g/mol. The van der Waals surface area contributed by atoms with Crippen molar-refractivity contribution in [3.63, 3.8) is 0 Å². The van der Waals surface area contributed by atoms with Crippen LogP contribution in [0.25, 0.3) is 11.1 Å². The molecule has 6 unspecified atom stereocenters. The Morgan fingerprint density at radius 3 is 1.32 bits per heavy atom. The van der Waals surface area contributed by atoms with Crippen molar-refractivity contribution in [1.82, 2.24) is 0 Å². The summed E-state index contributed by atoms with van der Waals surface area (Å²) in [6.45, 7) is 15.2. The van der Waals surface area contributed by atoms with Gasteiger partial charge in [0, 0.05) is 44.4 Å². The molecule has 8 atom stereocenters. The lowest BCUT2D eigenvalue weighted by Crippen LogP contribution is -2.54. The van der Waals surface area contributed by atoms with Gasteiger partial charge in [0.25, 0.3) is 0 Å². The molecule has 3 spiro atoms. The molecule has 5 saturated carbocycles. The van der Waals surface area contributed by atoms with Gasteiger partial charge in [-0.05, 0) is 152 Å². The van der Waals surface area contributed by atoms with Gasteiger partial charge in [-0.2, -0.15) is 0 Å². The molecule has 0 radical (unpaired) electrons. The van der Waals surface area contributed by atoms with Crippen molar-refractivity contribution in [2.45, 2.75) is 216 Å². The van der Waals surface area contributed by atoms with Gasteiger partial charge in [-0.25, -0.2) is 0 Å². The van der Waals surface area contributed by atoms with Gasteiger partial charge < -0.3 is 9.80 Å². The summed E-state index contributed by atoms with van der Waals surface area (Å²) in [6, 6.07) is 35.2. The molecular formula is C61H78N2. The van der Waals surface area contributed by atoms with Crippen molar-refractivity contribution in [3.05, 3.63) is 107 Å². The van der Waals surface area contributed by atoms with E-state index in [1.54, 1.807) is 33.4 Å². The molecule has 0 amide bonds. The molecule has 2 nitrogen and oxygen atoms in total. The van der Waals surface area contributed by atoms with Crippen LogP contribution >= 0.6 is 0 Å². The summed E-state index contributed by atoms with van der Waals surface area (Å²) in [5, 5.41) is 0. The number of hydrogen-bond donors (Lipinski definition) is 0. The molecule has 0 saturated heterocycles. The normalized spacial score (nSPS) is 36.9. The maximum atomic E-state index is 2.88.